The van der Waals surface area contributed by atoms with Crippen LogP contribution in [0.3, 0.4) is 0 Å². The van der Waals surface area contributed by atoms with Crippen LogP contribution in [-0.4, -0.2) is 40.3 Å². The first kappa shape index (κ1) is 19.1. The zero-order chi connectivity index (χ0) is 19.1. The molecule has 0 aromatic heterocycles. The van der Waals surface area contributed by atoms with E-state index in [1.165, 1.54) is 12.1 Å². The summed E-state index contributed by atoms with van der Waals surface area (Å²) in [6, 6.07) is 16.2. The summed E-state index contributed by atoms with van der Waals surface area (Å²) < 4.78 is 4.82. The molecule has 0 heterocycles. The lowest BCUT2D eigenvalue weighted by Gasteiger charge is -2.21. The van der Waals surface area contributed by atoms with Crippen molar-refractivity contribution in [2.75, 3.05) is 0 Å². The van der Waals surface area contributed by atoms with Crippen LogP contribution < -0.4 is 5.32 Å². The third-order valence-electron chi connectivity index (χ3n) is 3.70. The molecule has 136 valence electrons. The van der Waals surface area contributed by atoms with Crippen LogP contribution in [0.1, 0.15) is 28.9 Å². The molecule has 3 atom stereocenters. The summed E-state index contributed by atoms with van der Waals surface area (Å²) in [6.07, 6.45) is -4.07. The fourth-order valence-corrected chi connectivity index (χ4v) is 2.27. The maximum Gasteiger partial charge on any atom is 0.348 e. The van der Waals surface area contributed by atoms with E-state index in [1.807, 2.05) is 6.07 Å². The minimum absolute atomic E-state index is 0.115. The van der Waals surface area contributed by atoms with Gasteiger partial charge in [0.15, 0.2) is 6.10 Å². The van der Waals surface area contributed by atoms with Crippen LogP contribution in [0.2, 0.25) is 0 Å². The smallest absolute Gasteiger partial charge is 0.348 e. The Bertz CT molecular complexity index is 762. The van der Waals surface area contributed by atoms with Gasteiger partial charge in [0, 0.05) is 0 Å². The van der Waals surface area contributed by atoms with Crippen molar-refractivity contribution < 1.29 is 29.3 Å². The zero-order valence-corrected chi connectivity index (χ0v) is 14.0. The molecule has 0 unspecified atom stereocenters. The number of hydrogen-bond donors (Lipinski definition) is 3. The van der Waals surface area contributed by atoms with E-state index < -0.39 is 36.1 Å². The van der Waals surface area contributed by atoms with Gasteiger partial charge in [-0.3, -0.25) is 4.79 Å². The highest BCUT2D eigenvalue weighted by molar-refractivity contribution is 5.93. The number of carboxylic acids is 1. The molecule has 0 fully saturated rings. The van der Waals surface area contributed by atoms with Crippen molar-refractivity contribution in [2.24, 2.45) is 0 Å². The quantitative estimate of drug-likeness (QED) is 0.648. The Balaban J connectivity index is 2.05. The lowest BCUT2D eigenvalue weighted by molar-refractivity contribution is -0.159. The maximum atomic E-state index is 12.2. The van der Waals surface area contributed by atoms with E-state index in [-0.39, 0.29) is 5.56 Å². The summed E-state index contributed by atoms with van der Waals surface area (Å²) in [4.78, 5) is 35.5. The Labute approximate surface area is 150 Å². The molecule has 0 spiro atoms. The average Bonchev–Trinajstić information content (AvgIpc) is 2.66. The van der Waals surface area contributed by atoms with Gasteiger partial charge in [0.25, 0.3) is 5.91 Å². The SMILES string of the molecule is C[C@H](NC(=O)[C@H](O)[C@@H](OC(=O)c1ccccc1)C(=O)O)c1ccccc1. The van der Waals surface area contributed by atoms with E-state index in [2.05, 4.69) is 5.32 Å². The van der Waals surface area contributed by atoms with Crippen LogP contribution in [-0.2, 0) is 14.3 Å². The summed E-state index contributed by atoms with van der Waals surface area (Å²) in [5.74, 6) is -3.51. The molecule has 3 N–H and O–H groups in total. The minimum Gasteiger partial charge on any atom is -0.478 e. The molecule has 2 rings (SSSR count). The molecule has 0 aliphatic carbocycles. The largest absolute Gasteiger partial charge is 0.478 e. The van der Waals surface area contributed by atoms with Gasteiger partial charge in [-0.25, -0.2) is 9.59 Å². The number of benzene rings is 2. The van der Waals surface area contributed by atoms with Gasteiger partial charge in [-0.2, -0.15) is 0 Å². The second-order valence-corrected chi connectivity index (χ2v) is 5.62. The van der Waals surface area contributed by atoms with Gasteiger partial charge >= 0.3 is 11.9 Å². The van der Waals surface area contributed by atoms with Crippen LogP contribution in [0.25, 0.3) is 0 Å². The number of rotatable bonds is 7. The Morgan fingerprint density at radius 2 is 1.50 bits per heavy atom. The highest BCUT2D eigenvalue weighted by Crippen LogP contribution is 2.13. The zero-order valence-electron chi connectivity index (χ0n) is 14.0. The number of aliphatic hydroxyl groups is 1. The number of carbonyl (C=O) groups is 3. The Hall–Kier alpha value is -3.19. The van der Waals surface area contributed by atoms with Crippen LogP contribution in [0.5, 0.6) is 0 Å². The Morgan fingerprint density at radius 1 is 0.962 bits per heavy atom. The van der Waals surface area contributed by atoms with Gasteiger partial charge in [0.05, 0.1) is 11.6 Å². The number of aliphatic hydroxyl groups excluding tert-OH is 1. The van der Waals surface area contributed by atoms with Gasteiger partial charge in [-0.05, 0) is 24.6 Å². The number of carboxylic acid groups (broad SMARTS) is 1. The fourth-order valence-electron chi connectivity index (χ4n) is 2.27. The first-order valence-corrected chi connectivity index (χ1v) is 7.92. The molecule has 0 aliphatic rings. The normalized spacial score (nSPS) is 13.9. The predicted octanol–water partition coefficient (Wildman–Crippen LogP) is 1.53. The molecule has 0 radical (unpaired) electrons. The second-order valence-electron chi connectivity index (χ2n) is 5.62. The van der Waals surface area contributed by atoms with E-state index in [9.17, 15) is 24.6 Å². The number of hydrogen-bond acceptors (Lipinski definition) is 5. The van der Waals surface area contributed by atoms with Crippen LogP contribution in [0, 0.1) is 0 Å². The summed E-state index contributed by atoms with van der Waals surface area (Å²) in [5.41, 5.74) is 0.894. The molecule has 1 amide bonds. The lowest BCUT2D eigenvalue weighted by Crippen LogP contribution is -2.48. The fraction of sp³-hybridized carbons (Fsp3) is 0.211. The summed E-state index contributed by atoms with van der Waals surface area (Å²) >= 11 is 0. The van der Waals surface area contributed by atoms with E-state index in [4.69, 9.17) is 4.74 Å². The van der Waals surface area contributed by atoms with Gasteiger partial charge in [-0.1, -0.05) is 48.5 Å². The number of esters is 1. The molecule has 7 heteroatoms. The molecule has 2 aromatic carbocycles. The first-order chi connectivity index (χ1) is 12.4. The molecule has 0 bridgehead atoms. The third kappa shape index (κ3) is 4.90. The number of nitrogens with one attached hydrogen (secondary N) is 1. The van der Waals surface area contributed by atoms with Crippen molar-refractivity contribution in [2.45, 2.75) is 25.2 Å². The van der Waals surface area contributed by atoms with Crippen molar-refractivity contribution in [3.05, 3.63) is 71.8 Å². The number of ether oxygens (including phenoxy) is 1. The summed E-state index contributed by atoms with van der Waals surface area (Å²) in [6.45, 7) is 1.69. The highest BCUT2D eigenvalue weighted by Gasteiger charge is 2.36. The van der Waals surface area contributed by atoms with Gasteiger partial charge in [0.2, 0.25) is 6.10 Å². The van der Waals surface area contributed by atoms with Crippen molar-refractivity contribution in [1.29, 1.82) is 0 Å². The molecule has 0 saturated carbocycles. The van der Waals surface area contributed by atoms with Crippen molar-refractivity contribution >= 4 is 17.8 Å². The number of carbonyl (C=O) groups excluding carboxylic acids is 2. The van der Waals surface area contributed by atoms with E-state index in [0.717, 1.165) is 5.56 Å². The monoisotopic (exact) mass is 357 g/mol. The van der Waals surface area contributed by atoms with Crippen molar-refractivity contribution in [1.82, 2.24) is 5.32 Å². The van der Waals surface area contributed by atoms with Crippen LogP contribution in [0.4, 0.5) is 0 Å². The van der Waals surface area contributed by atoms with Crippen molar-refractivity contribution in [3.8, 4) is 0 Å². The molecular weight excluding hydrogens is 338 g/mol. The number of aliphatic carboxylic acids is 1. The van der Waals surface area contributed by atoms with Gasteiger partial charge in [-0.15, -0.1) is 0 Å². The minimum atomic E-state index is -2.05. The summed E-state index contributed by atoms with van der Waals surface area (Å²) in [7, 11) is 0. The Kier molecular flexibility index (Phi) is 6.46. The Morgan fingerprint density at radius 3 is 2.04 bits per heavy atom. The molecule has 2 aromatic rings. The van der Waals surface area contributed by atoms with Crippen LogP contribution >= 0.6 is 0 Å². The van der Waals surface area contributed by atoms with Gasteiger partial charge < -0.3 is 20.3 Å². The topological polar surface area (TPSA) is 113 Å². The van der Waals surface area contributed by atoms with Crippen LogP contribution in [0.15, 0.2) is 60.7 Å². The second kappa shape index (κ2) is 8.77. The van der Waals surface area contributed by atoms with E-state index >= 15 is 0 Å². The first-order valence-electron chi connectivity index (χ1n) is 7.92. The van der Waals surface area contributed by atoms with E-state index in [0.29, 0.717) is 0 Å². The van der Waals surface area contributed by atoms with E-state index in [1.54, 1.807) is 49.4 Å². The van der Waals surface area contributed by atoms with Gasteiger partial charge in [0.1, 0.15) is 0 Å². The molecule has 7 nitrogen and oxygen atoms in total. The maximum absolute atomic E-state index is 12.2. The lowest BCUT2D eigenvalue weighted by atomic mass is 10.1. The third-order valence-corrected chi connectivity index (χ3v) is 3.70. The summed E-state index contributed by atoms with van der Waals surface area (Å²) in [5, 5.41) is 21.8. The molecule has 0 saturated heterocycles. The number of amides is 1. The molecular formula is C19H19NO6. The molecule has 26 heavy (non-hydrogen) atoms. The highest BCUT2D eigenvalue weighted by atomic mass is 16.6. The molecule has 0 aliphatic heterocycles. The van der Waals surface area contributed by atoms with Crippen molar-refractivity contribution in [3.63, 3.8) is 0 Å². The predicted molar refractivity (Wildman–Crippen MR) is 92.3 cm³/mol. The standard InChI is InChI=1S/C19H19NO6/c1-12(13-8-4-2-5-9-13)20-17(22)15(21)16(18(23)24)26-19(25)14-10-6-3-7-11-14/h2-12,15-16,21H,1H3,(H,20,22)(H,23,24)/t12-,15+,16+/m0/s1. The average molecular weight is 357 g/mol.